The van der Waals surface area contributed by atoms with E-state index < -0.39 is 11.9 Å². The molecule has 2 N–H and O–H groups in total. The number of hydrogen-bond acceptors (Lipinski definition) is 3. The molecular weight excluding hydrogens is 273 g/mol. The highest BCUT2D eigenvalue weighted by molar-refractivity contribution is 5.95. The third-order valence-electron chi connectivity index (χ3n) is 3.70. The van der Waals surface area contributed by atoms with E-state index in [4.69, 9.17) is 5.11 Å². The molecule has 2 unspecified atom stereocenters. The molecule has 1 aromatic rings. The van der Waals surface area contributed by atoms with E-state index in [1.807, 2.05) is 0 Å². The van der Waals surface area contributed by atoms with Gasteiger partial charge in [0.25, 0.3) is 5.91 Å². The van der Waals surface area contributed by atoms with Crippen LogP contribution >= 0.6 is 0 Å². The maximum Gasteiger partial charge on any atom is 0.256 e. The molecule has 0 saturated carbocycles. The van der Waals surface area contributed by atoms with E-state index >= 15 is 0 Å². The molecule has 2 atom stereocenters. The van der Waals surface area contributed by atoms with Crippen molar-refractivity contribution in [2.75, 3.05) is 19.7 Å². The third-order valence-corrected chi connectivity index (χ3v) is 3.70. The van der Waals surface area contributed by atoms with Crippen LogP contribution in [0, 0.1) is 23.6 Å². The Labute approximate surface area is 123 Å². The lowest BCUT2D eigenvalue weighted by molar-refractivity contribution is 0.0758. The molecule has 0 bridgehead atoms. The van der Waals surface area contributed by atoms with Crippen molar-refractivity contribution in [2.45, 2.75) is 19.4 Å². The lowest BCUT2D eigenvalue weighted by Crippen LogP contribution is -2.31. The molecule has 5 heteroatoms. The van der Waals surface area contributed by atoms with E-state index in [-0.39, 0.29) is 24.0 Å². The second kappa shape index (κ2) is 6.70. The summed E-state index contributed by atoms with van der Waals surface area (Å²) >= 11 is 0. The van der Waals surface area contributed by atoms with E-state index in [0.29, 0.717) is 18.7 Å². The molecule has 1 heterocycles. The number of amides is 1. The number of hydrogen-bond donors (Lipinski definition) is 2. The fraction of sp³-hybridized carbons (Fsp3) is 0.438. The normalized spacial score (nSPS) is 19.0. The first kappa shape index (κ1) is 15.5. The van der Waals surface area contributed by atoms with Crippen molar-refractivity contribution >= 4 is 5.91 Å². The van der Waals surface area contributed by atoms with Crippen LogP contribution in [0.4, 0.5) is 4.39 Å². The van der Waals surface area contributed by atoms with Crippen LogP contribution in [0.5, 0.6) is 0 Å². The monoisotopic (exact) mass is 291 g/mol. The lowest BCUT2D eigenvalue weighted by atomic mass is 10.0. The highest BCUT2D eigenvalue weighted by Crippen LogP contribution is 2.22. The van der Waals surface area contributed by atoms with E-state index in [1.165, 1.54) is 18.2 Å². The molecule has 1 aliphatic rings. The SMILES string of the molecule is CC(O)C1CCN(C(=O)c2cc(C#CCO)ccc2F)C1. The Bertz CT molecular complexity index is 589. The van der Waals surface area contributed by atoms with Gasteiger partial charge in [-0.25, -0.2) is 4.39 Å². The molecule has 0 aromatic heterocycles. The van der Waals surface area contributed by atoms with Crippen molar-refractivity contribution in [3.05, 3.63) is 35.1 Å². The van der Waals surface area contributed by atoms with Crippen molar-refractivity contribution in [3.63, 3.8) is 0 Å². The number of likely N-dealkylation sites (tertiary alicyclic amines) is 1. The number of rotatable bonds is 2. The van der Waals surface area contributed by atoms with Crippen LogP contribution in [-0.2, 0) is 0 Å². The lowest BCUT2D eigenvalue weighted by Gasteiger charge is -2.18. The molecule has 4 nitrogen and oxygen atoms in total. The third kappa shape index (κ3) is 3.60. The van der Waals surface area contributed by atoms with Gasteiger partial charge in [-0.1, -0.05) is 11.8 Å². The Hall–Kier alpha value is -1.90. The summed E-state index contributed by atoms with van der Waals surface area (Å²) in [5, 5.41) is 18.2. The van der Waals surface area contributed by atoms with Gasteiger partial charge in [-0.3, -0.25) is 4.79 Å². The average Bonchev–Trinajstić information content (AvgIpc) is 2.95. The molecule has 1 aromatic carbocycles. The Kier molecular flexibility index (Phi) is 4.94. The average molecular weight is 291 g/mol. The Morgan fingerprint density at radius 2 is 2.33 bits per heavy atom. The Morgan fingerprint density at radius 3 is 2.95 bits per heavy atom. The summed E-state index contributed by atoms with van der Waals surface area (Å²) in [6.45, 7) is 2.36. The van der Waals surface area contributed by atoms with E-state index in [9.17, 15) is 14.3 Å². The van der Waals surface area contributed by atoms with Crippen LogP contribution in [0.3, 0.4) is 0 Å². The van der Waals surface area contributed by atoms with Crippen LogP contribution in [0.25, 0.3) is 0 Å². The maximum atomic E-state index is 13.9. The zero-order chi connectivity index (χ0) is 15.4. The fourth-order valence-electron chi connectivity index (χ4n) is 2.44. The minimum Gasteiger partial charge on any atom is -0.393 e. The minimum atomic E-state index is -0.588. The van der Waals surface area contributed by atoms with E-state index in [0.717, 1.165) is 6.42 Å². The van der Waals surface area contributed by atoms with Gasteiger partial charge in [0.2, 0.25) is 0 Å². The first-order valence-electron chi connectivity index (χ1n) is 6.89. The summed E-state index contributed by atoms with van der Waals surface area (Å²) < 4.78 is 13.9. The fourth-order valence-corrected chi connectivity index (χ4v) is 2.44. The molecule has 21 heavy (non-hydrogen) atoms. The second-order valence-corrected chi connectivity index (χ2v) is 5.20. The molecule has 1 amide bonds. The first-order chi connectivity index (χ1) is 10.0. The minimum absolute atomic E-state index is 0.0222. The van der Waals surface area contributed by atoms with Crippen LogP contribution < -0.4 is 0 Å². The zero-order valence-electron chi connectivity index (χ0n) is 11.8. The van der Waals surface area contributed by atoms with Gasteiger partial charge in [0.15, 0.2) is 0 Å². The summed E-state index contributed by atoms with van der Waals surface area (Å²) in [7, 11) is 0. The number of halogens is 1. The summed E-state index contributed by atoms with van der Waals surface area (Å²) in [6, 6.07) is 4.07. The number of aliphatic hydroxyl groups excluding tert-OH is 2. The maximum absolute atomic E-state index is 13.9. The second-order valence-electron chi connectivity index (χ2n) is 5.20. The number of benzene rings is 1. The van der Waals surface area contributed by atoms with Crippen LogP contribution in [-0.4, -0.2) is 46.8 Å². The van der Waals surface area contributed by atoms with Crippen molar-refractivity contribution in [2.24, 2.45) is 5.92 Å². The van der Waals surface area contributed by atoms with Crippen molar-refractivity contribution < 1.29 is 19.4 Å². The van der Waals surface area contributed by atoms with Gasteiger partial charge in [-0.2, -0.15) is 0 Å². The number of nitrogens with zero attached hydrogens (tertiary/aromatic N) is 1. The highest BCUT2D eigenvalue weighted by Gasteiger charge is 2.30. The summed E-state index contributed by atoms with van der Waals surface area (Å²) in [6.07, 6.45) is 0.240. The molecule has 1 fully saturated rings. The van der Waals surface area contributed by atoms with E-state index in [2.05, 4.69) is 11.8 Å². The van der Waals surface area contributed by atoms with Gasteiger partial charge >= 0.3 is 0 Å². The Morgan fingerprint density at radius 1 is 1.57 bits per heavy atom. The van der Waals surface area contributed by atoms with Gasteiger partial charge in [0.05, 0.1) is 11.7 Å². The smallest absolute Gasteiger partial charge is 0.256 e. The van der Waals surface area contributed by atoms with Crippen molar-refractivity contribution in [1.82, 2.24) is 4.90 Å². The topological polar surface area (TPSA) is 60.8 Å². The zero-order valence-corrected chi connectivity index (χ0v) is 11.8. The molecule has 0 radical (unpaired) electrons. The van der Waals surface area contributed by atoms with Crippen LogP contribution in [0.2, 0.25) is 0 Å². The predicted octanol–water partition coefficient (Wildman–Crippen LogP) is 1.01. The number of carbonyl (C=O) groups is 1. The van der Waals surface area contributed by atoms with Crippen LogP contribution in [0.1, 0.15) is 29.3 Å². The quantitative estimate of drug-likeness (QED) is 0.800. The van der Waals surface area contributed by atoms with Gasteiger partial charge in [0.1, 0.15) is 12.4 Å². The molecule has 1 aliphatic heterocycles. The van der Waals surface area contributed by atoms with Gasteiger partial charge in [-0.15, -0.1) is 0 Å². The summed E-state index contributed by atoms with van der Waals surface area (Å²) in [4.78, 5) is 13.9. The molecule has 1 saturated heterocycles. The highest BCUT2D eigenvalue weighted by atomic mass is 19.1. The first-order valence-corrected chi connectivity index (χ1v) is 6.89. The number of carbonyl (C=O) groups excluding carboxylic acids is 1. The van der Waals surface area contributed by atoms with Gasteiger partial charge in [0, 0.05) is 24.6 Å². The van der Waals surface area contributed by atoms with E-state index in [1.54, 1.807) is 11.8 Å². The molecule has 112 valence electrons. The molecule has 0 aliphatic carbocycles. The molecule has 0 spiro atoms. The molecular formula is C16H18FNO3. The summed E-state index contributed by atoms with van der Waals surface area (Å²) in [5.74, 6) is 4.19. The predicted molar refractivity (Wildman–Crippen MR) is 76.1 cm³/mol. The van der Waals surface area contributed by atoms with Gasteiger partial charge < -0.3 is 15.1 Å². The number of aliphatic hydroxyl groups is 2. The molecule has 2 rings (SSSR count). The van der Waals surface area contributed by atoms with Crippen molar-refractivity contribution in [1.29, 1.82) is 0 Å². The van der Waals surface area contributed by atoms with Crippen molar-refractivity contribution in [3.8, 4) is 11.8 Å². The Balaban J connectivity index is 2.19. The largest absolute Gasteiger partial charge is 0.393 e. The summed E-state index contributed by atoms with van der Waals surface area (Å²) in [5.41, 5.74) is 0.464. The van der Waals surface area contributed by atoms with Gasteiger partial charge in [-0.05, 0) is 31.5 Å². The van der Waals surface area contributed by atoms with Crippen LogP contribution in [0.15, 0.2) is 18.2 Å². The standard InChI is InChI=1S/C16H18FNO3/c1-11(20)13-6-7-18(10-13)16(21)14-9-12(3-2-8-19)4-5-15(14)17/h4-5,9,11,13,19-20H,6-8,10H2,1H3.